The van der Waals surface area contributed by atoms with Crippen LogP contribution >= 0.6 is 11.3 Å². The largest absolute Gasteiger partial charge is 0.496 e. The molecule has 3 saturated carbocycles. The van der Waals surface area contributed by atoms with E-state index >= 15 is 0 Å². The van der Waals surface area contributed by atoms with E-state index in [1.807, 2.05) is 6.20 Å². The van der Waals surface area contributed by atoms with Crippen molar-refractivity contribution in [2.45, 2.75) is 89.1 Å². The van der Waals surface area contributed by atoms with Gasteiger partial charge >= 0.3 is 0 Å². The third-order valence-corrected chi connectivity index (χ3v) is 10.6. The van der Waals surface area contributed by atoms with Crippen LogP contribution in [0.25, 0.3) is 10.4 Å². The monoisotopic (exact) mass is 558 g/mol. The molecule has 3 aliphatic carbocycles. The SMILES string of the molecule is COc1ccc([C@H]2CC[C@H](CN(c3cccc(-c4cnc(C5CC5)s4)c3)C(=O)[C@H]3CC[C@H](O)CC3)CC2)cc1C. The van der Waals surface area contributed by atoms with Crippen molar-refractivity contribution in [2.75, 3.05) is 18.6 Å². The predicted molar refractivity (Wildman–Crippen MR) is 162 cm³/mol. The minimum atomic E-state index is -0.260. The molecule has 1 N–H and O–H groups in total. The molecule has 0 radical (unpaired) electrons. The maximum absolute atomic E-state index is 14.0. The summed E-state index contributed by atoms with van der Waals surface area (Å²) in [6, 6.07) is 15.2. The molecule has 6 rings (SSSR count). The molecule has 3 aliphatic rings. The second-order valence-electron chi connectivity index (χ2n) is 12.3. The zero-order valence-corrected chi connectivity index (χ0v) is 24.7. The molecule has 3 fully saturated rings. The van der Waals surface area contributed by atoms with E-state index in [0.717, 1.165) is 74.9 Å². The average Bonchev–Trinajstić information content (AvgIpc) is 3.72. The van der Waals surface area contributed by atoms with Crippen LogP contribution in [0.4, 0.5) is 5.69 Å². The molecule has 5 nitrogen and oxygen atoms in total. The zero-order valence-electron chi connectivity index (χ0n) is 23.9. The molecule has 0 bridgehead atoms. The lowest BCUT2D eigenvalue weighted by Crippen LogP contribution is -2.41. The maximum Gasteiger partial charge on any atom is 0.230 e. The number of carbonyl (C=O) groups excluding carboxylic acids is 1. The molecule has 1 aromatic heterocycles. The lowest BCUT2D eigenvalue weighted by atomic mass is 9.78. The number of carbonyl (C=O) groups is 1. The lowest BCUT2D eigenvalue weighted by molar-refractivity contribution is -0.124. The third-order valence-electron chi connectivity index (χ3n) is 9.38. The standard InChI is InChI=1S/C34H42N2O3S/c1-22-18-27(14-17-31(22)39-2)24-8-6-23(7-9-24)21-36(34(38)26-12-15-30(37)16-13-26)29-5-3-4-28(19-29)32-20-35-33(40-32)25-10-11-25/h3-5,14,17-20,23-26,30,37H,6-13,15-16,21H2,1-2H3/t23-,24-,26-,30-. The Morgan fingerprint density at radius 3 is 2.42 bits per heavy atom. The van der Waals surface area contributed by atoms with E-state index in [1.165, 1.54) is 33.9 Å². The fourth-order valence-electron chi connectivity index (χ4n) is 6.73. The number of hydrogen-bond acceptors (Lipinski definition) is 5. The van der Waals surface area contributed by atoms with Gasteiger partial charge in [0.1, 0.15) is 5.75 Å². The van der Waals surface area contributed by atoms with Crippen LogP contribution in [0.5, 0.6) is 5.75 Å². The minimum Gasteiger partial charge on any atom is -0.496 e. The Balaban J connectivity index is 1.19. The molecule has 0 aliphatic heterocycles. The third kappa shape index (κ3) is 6.13. The molecule has 212 valence electrons. The van der Waals surface area contributed by atoms with Gasteiger partial charge in [-0.05, 0) is 118 Å². The smallest absolute Gasteiger partial charge is 0.230 e. The van der Waals surface area contributed by atoms with E-state index < -0.39 is 0 Å². The second-order valence-corrected chi connectivity index (χ2v) is 13.4. The molecule has 6 heteroatoms. The van der Waals surface area contributed by atoms with Gasteiger partial charge in [0.2, 0.25) is 5.91 Å². The van der Waals surface area contributed by atoms with Crippen molar-refractivity contribution in [1.29, 1.82) is 0 Å². The van der Waals surface area contributed by atoms with Crippen molar-refractivity contribution in [2.24, 2.45) is 11.8 Å². The Morgan fingerprint density at radius 1 is 0.975 bits per heavy atom. The quantitative estimate of drug-likeness (QED) is 0.306. The van der Waals surface area contributed by atoms with E-state index in [0.29, 0.717) is 17.8 Å². The molecule has 3 aromatic rings. The first-order valence-electron chi connectivity index (χ1n) is 15.2. The fraction of sp³-hybridized carbons (Fsp3) is 0.529. The number of nitrogens with zero attached hydrogens (tertiary/aromatic N) is 2. The first-order valence-corrected chi connectivity index (χ1v) is 16.0. The summed E-state index contributed by atoms with van der Waals surface area (Å²) in [5, 5.41) is 11.3. The number of aryl methyl sites for hydroxylation is 1. The number of rotatable bonds is 8. The van der Waals surface area contributed by atoms with Gasteiger partial charge < -0.3 is 14.7 Å². The second kappa shape index (κ2) is 12.0. The van der Waals surface area contributed by atoms with E-state index in [1.54, 1.807) is 18.4 Å². The highest BCUT2D eigenvalue weighted by atomic mass is 32.1. The minimum absolute atomic E-state index is 0.00413. The van der Waals surface area contributed by atoms with Crippen LogP contribution in [-0.4, -0.2) is 35.8 Å². The van der Waals surface area contributed by atoms with Gasteiger partial charge in [0.05, 0.1) is 23.1 Å². The Labute approximate surface area is 242 Å². The molecule has 0 atom stereocenters. The van der Waals surface area contributed by atoms with Crippen LogP contribution in [-0.2, 0) is 4.79 Å². The Bertz CT molecular complexity index is 1320. The number of amides is 1. The van der Waals surface area contributed by atoms with Gasteiger partial charge in [0.25, 0.3) is 0 Å². The van der Waals surface area contributed by atoms with Crippen LogP contribution in [0, 0.1) is 18.8 Å². The number of aromatic nitrogens is 1. The molecular formula is C34H42N2O3S. The maximum atomic E-state index is 14.0. The number of thiazole rings is 1. The molecule has 0 saturated heterocycles. The van der Waals surface area contributed by atoms with Gasteiger partial charge in [0, 0.05) is 30.3 Å². The number of benzene rings is 2. The number of anilines is 1. The molecule has 2 aromatic carbocycles. The van der Waals surface area contributed by atoms with Crippen molar-refractivity contribution < 1.29 is 14.6 Å². The highest BCUT2D eigenvalue weighted by Crippen LogP contribution is 2.44. The van der Waals surface area contributed by atoms with Gasteiger partial charge in [-0.2, -0.15) is 0 Å². The average molecular weight is 559 g/mol. The molecular weight excluding hydrogens is 516 g/mol. The first kappa shape index (κ1) is 27.5. The highest BCUT2D eigenvalue weighted by molar-refractivity contribution is 7.15. The van der Waals surface area contributed by atoms with Gasteiger partial charge in [-0.3, -0.25) is 4.79 Å². The normalized spacial score (nSPS) is 25.0. The van der Waals surface area contributed by atoms with E-state index in [2.05, 4.69) is 54.3 Å². The van der Waals surface area contributed by atoms with Gasteiger partial charge in [-0.1, -0.05) is 24.3 Å². The summed E-state index contributed by atoms with van der Waals surface area (Å²) in [5.74, 6) is 2.89. The summed E-state index contributed by atoms with van der Waals surface area (Å²) in [5.41, 5.74) is 4.76. The topological polar surface area (TPSA) is 62.7 Å². The van der Waals surface area contributed by atoms with Crippen molar-refractivity contribution >= 4 is 22.9 Å². The van der Waals surface area contributed by atoms with Gasteiger partial charge in [0.15, 0.2) is 0 Å². The summed E-state index contributed by atoms with van der Waals surface area (Å²) in [6.45, 7) is 2.89. The fourth-order valence-corrected chi connectivity index (χ4v) is 7.81. The number of methoxy groups -OCH3 is 1. The van der Waals surface area contributed by atoms with Crippen LogP contribution in [0.3, 0.4) is 0 Å². The predicted octanol–water partition coefficient (Wildman–Crippen LogP) is 7.86. The Kier molecular flexibility index (Phi) is 8.27. The molecule has 1 heterocycles. The zero-order chi connectivity index (χ0) is 27.6. The van der Waals surface area contributed by atoms with Gasteiger partial charge in [-0.15, -0.1) is 11.3 Å². The molecule has 0 unspecified atom stereocenters. The number of hydrogen-bond donors (Lipinski definition) is 1. The Hall–Kier alpha value is -2.70. The van der Waals surface area contributed by atoms with Crippen LogP contribution in [0.2, 0.25) is 0 Å². The molecule has 0 spiro atoms. The molecule has 40 heavy (non-hydrogen) atoms. The highest BCUT2D eigenvalue weighted by Gasteiger charge is 2.33. The van der Waals surface area contributed by atoms with Crippen molar-refractivity contribution in [1.82, 2.24) is 4.98 Å². The summed E-state index contributed by atoms with van der Waals surface area (Å²) in [6.07, 6.45) is 11.8. The van der Waals surface area contributed by atoms with Gasteiger partial charge in [-0.25, -0.2) is 4.98 Å². The number of ether oxygens (including phenoxy) is 1. The van der Waals surface area contributed by atoms with Crippen LogP contribution in [0.1, 0.15) is 92.2 Å². The number of aliphatic hydroxyl groups is 1. The summed E-state index contributed by atoms with van der Waals surface area (Å²) in [4.78, 5) is 22.0. The van der Waals surface area contributed by atoms with E-state index in [-0.39, 0.29) is 17.9 Å². The molecule has 1 amide bonds. The van der Waals surface area contributed by atoms with Crippen molar-refractivity contribution in [3.8, 4) is 16.2 Å². The summed E-state index contributed by atoms with van der Waals surface area (Å²) in [7, 11) is 1.73. The lowest BCUT2D eigenvalue weighted by Gasteiger charge is -2.36. The summed E-state index contributed by atoms with van der Waals surface area (Å²) < 4.78 is 5.47. The van der Waals surface area contributed by atoms with E-state index in [9.17, 15) is 9.90 Å². The van der Waals surface area contributed by atoms with Crippen LogP contribution in [0.15, 0.2) is 48.7 Å². The Morgan fingerprint density at radius 2 is 1.73 bits per heavy atom. The summed E-state index contributed by atoms with van der Waals surface area (Å²) >= 11 is 1.80. The van der Waals surface area contributed by atoms with Crippen LogP contribution < -0.4 is 9.64 Å². The number of aliphatic hydroxyl groups excluding tert-OH is 1. The van der Waals surface area contributed by atoms with E-state index in [4.69, 9.17) is 9.72 Å². The van der Waals surface area contributed by atoms with Crippen molar-refractivity contribution in [3.05, 3.63) is 64.8 Å². The van der Waals surface area contributed by atoms with Crippen molar-refractivity contribution in [3.63, 3.8) is 0 Å². The first-order chi connectivity index (χ1) is 19.5.